The molecular weight excluding hydrogens is 292 g/mol. The van der Waals surface area contributed by atoms with Crippen molar-refractivity contribution < 1.29 is 9.32 Å². The van der Waals surface area contributed by atoms with Crippen LogP contribution in [0, 0.1) is 5.41 Å². The topological polar surface area (TPSA) is 56.0 Å². The second-order valence-electron chi connectivity index (χ2n) is 6.26. The molecule has 1 fully saturated rings. The third-order valence-corrected chi connectivity index (χ3v) is 6.86. The molecule has 20 heavy (non-hydrogen) atoms. The lowest BCUT2D eigenvalue weighted by Crippen LogP contribution is -2.23. The quantitative estimate of drug-likeness (QED) is 0.851. The van der Waals surface area contributed by atoms with Gasteiger partial charge in [-0.3, -0.25) is 4.79 Å². The van der Waals surface area contributed by atoms with E-state index in [0.717, 1.165) is 11.6 Å². The first-order valence-corrected chi connectivity index (χ1v) is 8.89. The molecule has 3 atom stereocenters. The van der Waals surface area contributed by atoms with Gasteiger partial charge < -0.3 is 4.52 Å². The molecule has 4 nitrogen and oxygen atoms in total. The fourth-order valence-corrected chi connectivity index (χ4v) is 4.63. The molecule has 0 N–H and O–H groups in total. The first-order valence-electron chi connectivity index (χ1n) is 6.90. The van der Waals surface area contributed by atoms with Gasteiger partial charge in [-0.1, -0.05) is 39.8 Å². The summed E-state index contributed by atoms with van der Waals surface area (Å²) in [5.74, 6) is 2.30. The highest BCUT2D eigenvalue weighted by Gasteiger charge is 2.30. The Labute approximate surface area is 128 Å². The number of rotatable bonds is 3. The molecule has 1 aromatic heterocycles. The van der Waals surface area contributed by atoms with Crippen molar-refractivity contribution in [3.05, 3.63) is 11.7 Å². The summed E-state index contributed by atoms with van der Waals surface area (Å²) in [5, 5.41) is 5.57. The van der Waals surface area contributed by atoms with Crippen LogP contribution in [0.2, 0.25) is 0 Å². The molecule has 6 heteroatoms. The molecular formula is C14H22N2O2S2. The van der Waals surface area contributed by atoms with Crippen molar-refractivity contribution in [2.24, 2.45) is 5.41 Å². The zero-order valence-corrected chi connectivity index (χ0v) is 14.3. The number of ketones is 1. The van der Waals surface area contributed by atoms with Gasteiger partial charge in [0.15, 0.2) is 5.82 Å². The number of hydrogen-bond donors (Lipinski definition) is 0. The summed E-state index contributed by atoms with van der Waals surface area (Å²) in [6.07, 6.45) is 0.229. The largest absolute Gasteiger partial charge is 0.339 e. The molecule has 0 aliphatic carbocycles. The van der Waals surface area contributed by atoms with Crippen molar-refractivity contribution in [3.63, 3.8) is 0 Å². The van der Waals surface area contributed by atoms with E-state index in [0.29, 0.717) is 16.4 Å². The highest BCUT2D eigenvalue weighted by molar-refractivity contribution is 8.07. The van der Waals surface area contributed by atoms with Crippen molar-refractivity contribution in [3.8, 4) is 0 Å². The van der Waals surface area contributed by atoms with Crippen molar-refractivity contribution >= 4 is 29.3 Å². The lowest BCUT2D eigenvalue weighted by Gasteiger charge is -2.29. The number of carbonyl (C=O) groups excluding carboxylic acids is 1. The second-order valence-corrected chi connectivity index (χ2v) is 9.26. The number of Topliss-reactive ketones (excluding diaryl/α,β-unsaturated/α-hetero) is 1. The van der Waals surface area contributed by atoms with E-state index >= 15 is 0 Å². The summed E-state index contributed by atoms with van der Waals surface area (Å²) in [4.78, 5) is 16.4. The third kappa shape index (κ3) is 3.79. The minimum absolute atomic E-state index is 0.125. The van der Waals surface area contributed by atoms with Crippen molar-refractivity contribution in [2.45, 2.75) is 56.8 Å². The Morgan fingerprint density at radius 1 is 1.35 bits per heavy atom. The predicted octanol–water partition coefficient (Wildman–Crippen LogP) is 3.53. The molecule has 0 radical (unpaired) electrons. The number of aromatic nitrogens is 2. The van der Waals surface area contributed by atoms with E-state index in [2.05, 4.69) is 24.0 Å². The fraction of sp³-hybridized carbons (Fsp3) is 0.786. The van der Waals surface area contributed by atoms with Crippen LogP contribution >= 0.6 is 23.5 Å². The van der Waals surface area contributed by atoms with Gasteiger partial charge in [0, 0.05) is 21.7 Å². The van der Waals surface area contributed by atoms with Crippen molar-refractivity contribution in [1.82, 2.24) is 10.1 Å². The third-order valence-electron chi connectivity index (χ3n) is 3.47. The second kappa shape index (κ2) is 6.10. The van der Waals surface area contributed by atoms with Crippen LogP contribution in [-0.2, 0) is 11.2 Å². The Kier molecular flexibility index (Phi) is 4.84. The monoisotopic (exact) mass is 314 g/mol. The van der Waals surface area contributed by atoms with Crippen LogP contribution in [0.5, 0.6) is 0 Å². The van der Waals surface area contributed by atoms with Crippen LogP contribution < -0.4 is 0 Å². The Bertz CT molecular complexity index is 482. The van der Waals surface area contributed by atoms with Crippen LogP contribution in [0.4, 0.5) is 0 Å². The summed E-state index contributed by atoms with van der Waals surface area (Å²) in [7, 11) is 0. The SMILES string of the molecule is CC1SCC(c2noc(CC(=O)C(C)(C)C)n2)SC1C. The Hall–Kier alpha value is -0.490. The van der Waals surface area contributed by atoms with Crippen molar-refractivity contribution in [2.75, 3.05) is 5.75 Å². The zero-order valence-electron chi connectivity index (χ0n) is 12.7. The van der Waals surface area contributed by atoms with Gasteiger partial charge in [-0.05, 0) is 0 Å². The minimum atomic E-state index is -0.367. The first-order chi connectivity index (χ1) is 9.27. The molecule has 0 saturated carbocycles. The zero-order chi connectivity index (χ0) is 14.9. The summed E-state index contributed by atoms with van der Waals surface area (Å²) >= 11 is 3.84. The standard InChI is InChI=1S/C14H22N2O2S2/c1-8-9(2)20-10(7-19-8)13-15-12(18-16-13)6-11(17)14(3,4)5/h8-10H,6-7H2,1-5H3. The number of carbonyl (C=O) groups is 1. The number of thioether (sulfide) groups is 2. The summed E-state index contributed by atoms with van der Waals surface area (Å²) in [5.41, 5.74) is -0.367. The molecule has 1 aliphatic rings. The average Bonchev–Trinajstić information content (AvgIpc) is 2.80. The van der Waals surface area contributed by atoms with Gasteiger partial charge in [0.05, 0.1) is 11.7 Å². The van der Waals surface area contributed by atoms with E-state index in [1.54, 1.807) is 0 Å². The van der Waals surface area contributed by atoms with E-state index < -0.39 is 0 Å². The van der Waals surface area contributed by atoms with Crippen molar-refractivity contribution in [1.29, 1.82) is 0 Å². The molecule has 0 aromatic carbocycles. The van der Waals surface area contributed by atoms with Crippen LogP contribution in [0.25, 0.3) is 0 Å². The molecule has 112 valence electrons. The van der Waals surface area contributed by atoms with E-state index in [9.17, 15) is 4.79 Å². The van der Waals surface area contributed by atoms with E-state index in [1.807, 2.05) is 44.3 Å². The molecule has 2 rings (SSSR count). The normalized spacial score (nSPS) is 27.6. The smallest absolute Gasteiger partial charge is 0.234 e. The molecule has 1 aliphatic heterocycles. The van der Waals surface area contributed by atoms with Crippen LogP contribution in [0.15, 0.2) is 4.52 Å². The van der Waals surface area contributed by atoms with Gasteiger partial charge in [-0.15, -0.1) is 11.8 Å². The van der Waals surface area contributed by atoms with E-state index in [-0.39, 0.29) is 22.9 Å². The van der Waals surface area contributed by atoms with E-state index in [1.165, 1.54) is 0 Å². The fourth-order valence-electron chi connectivity index (χ4n) is 1.79. The lowest BCUT2D eigenvalue weighted by atomic mass is 9.89. The van der Waals surface area contributed by atoms with Crippen LogP contribution in [0.1, 0.15) is 51.6 Å². The van der Waals surface area contributed by atoms with Gasteiger partial charge in [0.1, 0.15) is 5.78 Å². The van der Waals surface area contributed by atoms with Gasteiger partial charge >= 0.3 is 0 Å². The summed E-state index contributed by atoms with van der Waals surface area (Å²) in [6.45, 7) is 10.2. The van der Waals surface area contributed by atoms with Crippen LogP contribution in [0.3, 0.4) is 0 Å². The van der Waals surface area contributed by atoms with E-state index in [4.69, 9.17) is 4.52 Å². The maximum Gasteiger partial charge on any atom is 0.234 e. The van der Waals surface area contributed by atoms with Gasteiger partial charge in [-0.25, -0.2) is 0 Å². The molecule has 0 spiro atoms. The Morgan fingerprint density at radius 3 is 2.65 bits per heavy atom. The number of nitrogens with zero attached hydrogens (tertiary/aromatic N) is 2. The number of hydrogen-bond acceptors (Lipinski definition) is 6. The molecule has 1 aromatic rings. The van der Waals surface area contributed by atoms with Gasteiger partial charge in [0.25, 0.3) is 0 Å². The highest BCUT2D eigenvalue weighted by atomic mass is 32.2. The summed E-state index contributed by atoms with van der Waals surface area (Å²) in [6, 6.07) is 0. The minimum Gasteiger partial charge on any atom is -0.339 e. The lowest BCUT2D eigenvalue weighted by molar-refractivity contribution is -0.125. The maximum absolute atomic E-state index is 12.0. The van der Waals surface area contributed by atoms with Gasteiger partial charge in [-0.2, -0.15) is 16.7 Å². The Balaban J connectivity index is 2.01. The molecule has 2 heterocycles. The molecule has 3 unspecified atom stereocenters. The Morgan fingerprint density at radius 2 is 2.05 bits per heavy atom. The maximum atomic E-state index is 12.0. The molecule has 0 amide bonds. The average molecular weight is 314 g/mol. The van der Waals surface area contributed by atoms with Gasteiger partial charge in [0.2, 0.25) is 5.89 Å². The highest BCUT2D eigenvalue weighted by Crippen LogP contribution is 2.43. The first kappa shape index (κ1) is 15.9. The molecule has 0 bridgehead atoms. The molecule has 1 saturated heterocycles. The van der Waals surface area contributed by atoms with Crippen LogP contribution in [-0.4, -0.2) is 32.2 Å². The predicted molar refractivity (Wildman–Crippen MR) is 84.2 cm³/mol. The summed E-state index contributed by atoms with van der Waals surface area (Å²) < 4.78 is 5.24.